The lowest BCUT2D eigenvalue weighted by molar-refractivity contribution is -0.0226. The van der Waals surface area contributed by atoms with Gasteiger partial charge in [-0.15, -0.1) is 0 Å². The van der Waals surface area contributed by atoms with E-state index in [2.05, 4.69) is 76.0 Å². The molecule has 1 saturated heterocycles. The molecule has 1 fully saturated rings. The van der Waals surface area contributed by atoms with Crippen LogP contribution < -0.4 is 0 Å². The maximum atomic E-state index is 6.46. The van der Waals surface area contributed by atoms with E-state index in [9.17, 15) is 0 Å². The van der Waals surface area contributed by atoms with Crippen LogP contribution in [0.15, 0.2) is 30.3 Å². The molecule has 0 aromatic heterocycles. The predicted octanol–water partition coefficient (Wildman–Crippen LogP) is 5.06. The Morgan fingerprint density at radius 1 is 1.14 bits per heavy atom. The van der Waals surface area contributed by atoms with Crippen LogP contribution in [0.2, 0.25) is 18.1 Å². The summed E-state index contributed by atoms with van der Waals surface area (Å²) in [6, 6.07) is 12.2. The summed E-state index contributed by atoms with van der Waals surface area (Å²) in [5, 5.41) is 0.297. The molecule has 2 rings (SSSR count). The average Bonchev–Trinajstić information content (AvgIpc) is 2.44. The fourth-order valence-corrected chi connectivity index (χ4v) is 3.93. The van der Waals surface area contributed by atoms with Crippen molar-refractivity contribution in [3.63, 3.8) is 0 Å². The summed E-state index contributed by atoms with van der Waals surface area (Å²) in [7, 11) is -1.63. The summed E-state index contributed by atoms with van der Waals surface area (Å²) in [5.41, 5.74) is 1.41. The molecule has 1 heterocycles. The highest BCUT2D eigenvalue weighted by atomic mass is 28.4. The van der Waals surface area contributed by atoms with Crippen LogP contribution >= 0.6 is 0 Å². The van der Waals surface area contributed by atoms with Crippen molar-refractivity contribution < 1.29 is 4.43 Å². The van der Waals surface area contributed by atoms with Gasteiger partial charge in [0.1, 0.15) is 0 Å². The normalized spacial score (nSPS) is 23.4. The molecule has 0 N–H and O–H groups in total. The third-order valence-electron chi connectivity index (χ3n) is 5.60. The van der Waals surface area contributed by atoms with Gasteiger partial charge in [-0.3, -0.25) is 4.90 Å². The Labute approximate surface area is 138 Å². The first-order chi connectivity index (χ1) is 10.2. The highest BCUT2D eigenvalue weighted by Crippen LogP contribution is 2.38. The molecule has 0 amide bonds. The van der Waals surface area contributed by atoms with Gasteiger partial charge in [-0.2, -0.15) is 0 Å². The molecule has 2 atom stereocenters. The van der Waals surface area contributed by atoms with E-state index in [0.717, 1.165) is 19.2 Å². The van der Waals surface area contributed by atoms with E-state index in [-0.39, 0.29) is 0 Å². The van der Waals surface area contributed by atoms with Crippen LogP contribution in [-0.2, 0) is 11.0 Å². The minimum absolute atomic E-state index is 0.297. The van der Waals surface area contributed by atoms with Gasteiger partial charge < -0.3 is 4.43 Å². The molecule has 124 valence electrons. The van der Waals surface area contributed by atoms with E-state index in [1.165, 1.54) is 18.4 Å². The van der Waals surface area contributed by atoms with Crippen molar-refractivity contribution in [1.29, 1.82) is 0 Å². The van der Waals surface area contributed by atoms with Crippen LogP contribution in [0.3, 0.4) is 0 Å². The maximum Gasteiger partial charge on any atom is 0.192 e. The third kappa shape index (κ3) is 4.00. The summed E-state index contributed by atoms with van der Waals surface area (Å²) in [6.07, 6.45) is 2.53. The van der Waals surface area contributed by atoms with Gasteiger partial charge >= 0.3 is 0 Å². The molecule has 0 unspecified atom stereocenters. The smallest absolute Gasteiger partial charge is 0.192 e. The van der Waals surface area contributed by atoms with Gasteiger partial charge in [-0.05, 0) is 36.5 Å². The van der Waals surface area contributed by atoms with Crippen molar-refractivity contribution >= 4 is 8.32 Å². The number of likely N-dealkylation sites (tertiary alicyclic amines) is 1. The summed E-state index contributed by atoms with van der Waals surface area (Å²) < 4.78 is 6.46. The Hall–Kier alpha value is -0.643. The third-order valence-corrected chi connectivity index (χ3v) is 10.1. The molecular formula is C19H33NOSi. The highest BCUT2D eigenvalue weighted by Gasteiger charge is 2.41. The summed E-state index contributed by atoms with van der Waals surface area (Å²) in [4.78, 5) is 2.64. The molecule has 0 bridgehead atoms. The summed E-state index contributed by atoms with van der Waals surface area (Å²) >= 11 is 0. The first-order valence-electron chi connectivity index (χ1n) is 8.68. The predicted molar refractivity (Wildman–Crippen MR) is 97.6 cm³/mol. The minimum atomic E-state index is -1.63. The van der Waals surface area contributed by atoms with Crippen LogP contribution in [0.4, 0.5) is 0 Å². The van der Waals surface area contributed by atoms with E-state index >= 15 is 0 Å². The van der Waals surface area contributed by atoms with Gasteiger partial charge in [0.2, 0.25) is 0 Å². The van der Waals surface area contributed by atoms with Gasteiger partial charge in [-0.25, -0.2) is 0 Å². The van der Waals surface area contributed by atoms with Crippen molar-refractivity contribution in [2.24, 2.45) is 0 Å². The number of hydrogen-bond acceptors (Lipinski definition) is 2. The van der Waals surface area contributed by atoms with E-state index in [1.807, 2.05) is 0 Å². The zero-order chi connectivity index (χ0) is 16.4. The lowest BCUT2D eigenvalue weighted by atomic mass is 9.90. The van der Waals surface area contributed by atoms with Crippen molar-refractivity contribution in [2.45, 2.75) is 77.3 Å². The quantitative estimate of drug-likeness (QED) is 0.679. The van der Waals surface area contributed by atoms with E-state index in [0.29, 0.717) is 11.1 Å². The van der Waals surface area contributed by atoms with Crippen LogP contribution in [0, 0.1) is 0 Å². The Morgan fingerprint density at radius 3 is 2.32 bits per heavy atom. The molecule has 0 saturated carbocycles. The Morgan fingerprint density at radius 2 is 1.77 bits per heavy atom. The topological polar surface area (TPSA) is 12.5 Å². The lowest BCUT2D eigenvalue weighted by Gasteiger charge is -2.50. The molecule has 1 aromatic rings. The second-order valence-electron chi connectivity index (χ2n) is 8.18. The number of nitrogens with zero attached hydrogens (tertiary/aromatic N) is 1. The zero-order valence-electron chi connectivity index (χ0n) is 15.2. The summed E-state index contributed by atoms with van der Waals surface area (Å²) in [6.45, 7) is 15.9. The SMILES string of the molecule is CC[C@H]1C[C@@H](CO[Si](C)(C)C(C)(C)C)N1Cc1ccccc1. The highest BCUT2D eigenvalue weighted by molar-refractivity contribution is 6.74. The molecule has 0 aliphatic carbocycles. The van der Waals surface area contributed by atoms with Gasteiger partial charge in [0.25, 0.3) is 0 Å². The van der Waals surface area contributed by atoms with Crippen LogP contribution in [-0.4, -0.2) is 31.9 Å². The first kappa shape index (κ1) is 17.7. The molecule has 0 radical (unpaired) electrons. The van der Waals surface area contributed by atoms with Gasteiger partial charge in [0.05, 0.1) is 0 Å². The number of rotatable bonds is 6. The zero-order valence-corrected chi connectivity index (χ0v) is 16.2. The van der Waals surface area contributed by atoms with Crippen molar-refractivity contribution in [3.05, 3.63) is 35.9 Å². The first-order valence-corrected chi connectivity index (χ1v) is 11.6. The lowest BCUT2D eigenvalue weighted by Crippen LogP contribution is -2.58. The van der Waals surface area contributed by atoms with E-state index in [1.54, 1.807) is 0 Å². The molecule has 0 spiro atoms. The molecule has 1 aliphatic heterocycles. The number of benzene rings is 1. The second kappa shape index (κ2) is 6.86. The van der Waals surface area contributed by atoms with Crippen LogP contribution in [0.5, 0.6) is 0 Å². The maximum absolute atomic E-state index is 6.46. The van der Waals surface area contributed by atoms with Crippen LogP contribution in [0.25, 0.3) is 0 Å². The molecule has 1 aliphatic rings. The fraction of sp³-hybridized carbons (Fsp3) is 0.684. The van der Waals surface area contributed by atoms with Gasteiger partial charge in [0.15, 0.2) is 8.32 Å². The molecule has 3 heteroatoms. The van der Waals surface area contributed by atoms with Crippen molar-refractivity contribution in [1.82, 2.24) is 4.90 Å². The minimum Gasteiger partial charge on any atom is -0.415 e. The van der Waals surface area contributed by atoms with Crippen molar-refractivity contribution in [3.8, 4) is 0 Å². The average molecular weight is 320 g/mol. The largest absolute Gasteiger partial charge is 0.415 e. The molecule has 2 nitrogen and oxygen atoms in total. The van der Waals surface area contributed by atoms with Gasteiger partial charge in [-0.1, -0.05) is 58.0 Å². The fourth-order valence-electron chi connectivity index (χ4n) is 2.88. The summed E-state index contributed by atoms with van der Waals surface area (Å²) in [5.74, 6) is 0. The second-order valence-corrected chi connectivity index (χ2v) is 13.0. The van der Waals surface area contributed by atoms with Crippen LogP contribution in [0.1, 0.15) is 46.1 Å². The Kier molecular flexibility index (Phi) is 5.52. The van der Waals surface area contributed by atoms with Crippen molar-refractivity contribution in [2.75, 3.05) is 6.61 Å². The standard InChI is InChI=1S/C19H33NOSi/c1-7-17-13-18(15-21-22(5,6)19(2,3)4)20(17)14-16-11-9-8-10-12-16/h8-12,17-18H,7,13-15H2,1-6H3/t17-,18-/m0/s1. The molecule has 1 aromatic carbocycles. The molecular weight excluding hydrogens is 286 g/mol. The molecule has 22 heavy (non-hydrogen) atoms. The van der Waals surface area contributed by atoms with E-state index in [4.69, 9.17) is 4.43 Å². The Bertz CT molecular complexity index is 466. The Balaban J connectivity index is 1.94. The van der Waals surface area contributed by atoms with Gasteiger partial charge in [0, 0.05) is 25.2 Å². The van der Waals surface area contributed by atoms with E-state index < -0.39 is 8.32 Å². The monoisotopic (exact) mass is 319 g/mol. The number of hydrogen-bond donors (Lipinski definition) is 0.